The Labute approximate surface area is 147 Å². The molecule has 24 heavy (non-hydrogen) atoms. The van der Waals surface area contributed by atoms with E-state index < -0.39 is 12.0 Å². The quantitative estimate of drug-likeness (QED) is 0.768. The molecule has 1 unspecified atom stereocenters. The topological polar surface area (TPSA) is 83.8 Å². The van der Waals surface area contributed by atoms with Crippen LogP contribution in [0.25, 0.3) is 10.2 Å². The SMILES string of the molecule is CNC(C)/C=C/Oc1ccc2nc(C3=N[C@@H](C(=O)O)CS3)sc2c1. The lowest BCUT2D eigenvalue weighted by molar-refractivity contribution is -0.137. The number of carbonyl (C=O) groups is 1. The summed E-state index contributed by atoms with van der Waals surface area (Å²) in [7, 11) is 1.89. The number of nitrogens with one attached hydrogen (secondary N) is 1. The fourth-order valence-electron chi connectivity index (χ4n) is 2.02. The first-order chi connectivity index (χ1) is 11.6. The Hall–Kier alpha value is -1.90. The molecule has 0 radical (unpaired) electrons. The van der Waals surface area contributed by atoms with Crippen molar-refractivity contribution in [2.75, 3.05) is 12.8 Å². The van der Waals surface area contributed by atoms with E-state index in [-0.39, 0.29) is 6.04 Å². The Morgan fingerprint density at radius 3 is 3.08 bits per heavy atom. The van der Waals surface area contributed by atoms with Crippen molar-refractivity contribution >= 4 is 44.3 Å². The lowest BCUT2D eigenvalue weighted by Crippen LogP contribution is -2.18. The van der Waals surface area contributed by atoms with Crippen LogP contribution in [0.3, 0.4) is 0 Å². The largest absolute Gasteiger partial charge is 0.480 e. The van der Waals surface area contributed by atoms with Crippen LogP contribution < -0.4 is 10.1 Å². The van der Waals surface area contributed by atoms with E-state index in [2.05, 4.69) is 15.3 Å². The van der Waals surface area contributed by atoms with E-state index in [1.807, 2.05) is 38.2 Å². The van der Waals surface area contributed by atoms with Gasteiger partial charge in [0.05, 0.1) is 16.5 Å². The summed E-state index contributed by atoms with van der Waals surface area (Å²) in [6.07, 6.45) is 3.59. The molecule has 0 bridgehead atoms. The third kappa shape index (κ3) is 3.77. The molecule has 2 aromatic rings. The van der Waals surface area contributed by atoms with Crippen molar-refractivity contribution in [2.45, 2.75) is 19.0 Å². The van der Waals surface area contributed by atoms with Crippen LogP contribution in [-0.4, -0.2) is 46.0 Å². The van der Waals surface area contributed by atoms with Crippen LogP contribution in [0.1, 0.15) is 11.9 Å². The molecule has 1 aromatic carbocycles. The fraction of sp³-hybridized carbons (Fsp3) is 0.312. The van der Waals surface area contributed by atoms with Crippen LogP contribution in [0.2, 0.25) is 0 Å². The van der Waals surface area contributed by atoms with E-state index in [0.717, 1.165) is 21.0 Å². The van der Waals surface area contributed by atoms with Crippen molar-refractivity contribution < 1.29 is 14.6 Å². The fourth-order valence-corrected chi connectivity index (χ4v) is 4.11. The average Bonchev–Trinajstić information content (AvgIpc) is 3.20. The zero-order chi connectivity index (χ0) is 17.1. The number of rotatable bonds is 6. The number of hydrogen-bond acceptors (Lipinski definition) is 7. The van der Waals surface area contributed by atoms with Crippen molar-refractivity contribution in [3.05, 3.63) is 35.5 Å². The van der Waals surface area contributed by atoms with Gasteiger partial charge in [0.2, 0.25) is 0 Å². The maximum atomic E-state index is 11.0. The van der Waals surface area contributed by atoms with Gasteiger partial charge in [0.1, 0.15) is 15.8 Å². The Bertz CT molecular complexity index is 816. The molecule has 0 spiro atoms. The van der Waals surface area contributed by atoms with Crippen molar-refractivity contribution in [1.29, 1.82) is 0 Å². The standard InChI is InChI=1S/C16H17N3O3S2/c1-9(17-2)5-6-22-10-3-4-11-13(7-10)24-15(18-11)14-19-12(8-23-14)16(20)21/h3-7,9,12,17H,8H2,1-2H3,(H,20,21)/b6-5+/t9?,12-/m1/s1. The number of carboxylic acid groups (broad SMARTS) is 1. The van der Waals surface area contributed by atoms with E-state index in [9.17, 15) is 4.79 Å². The third-order valence-electron chi connectivity index (χ3n) is 3.51. The Balaban J connectivity index is 1.78. The lowest BCUT2D eigenvalue weighted by atomic mass is 10.3. The Kier molecular flexibility index (Phi) is 5.17. The van der Waals surface area contributed by atoms with Crippen molar-refractivity contribution in [2.24, 2.45) is 4.99 Å². The van der Waals surface area contributed by atoms with Gasteiger partial charge in [0.25, 0.3) is 0 Å². The number of ether oxygens (including phenoxy) is 1. The minimum Gasteiger partial charge on any atom is -0.480 e. The normalized spacial score (nSPS) is 18.9. The highest BCUT2D eigenvalue weighted by Crippen LogP contribution is 2.31. The van der Waals surface area contributed by atoms with E-state index in [1.54, 1.807) is 6.26 Å². The van der Waals surface area contributed by atoms with Crippen LogP contribution in [0.5, 0.6) is 5.75 Å². The summed E-state index contributed by atoms with van der Waals surface area (Å²) >= 11 is 2.93. The molecule has 0 fully saturated rings. The molecule has 1 aromatic heterocycles. The molecule has 2 heterocycles. The van der Waals surface area contributed by atoms with Gasteiger partial charge in [-0.1, -0.05) is 0 Å². The summed E-state index contributed by atoms with van der Waals surface area (Å²) < 4.78 is 6.60. The Morgan fingerprint density at radius 1 is 1.54 bits per heavy atom. The molecular formula is C16H17N3O3S2. The van der Waals surface area contributed by atoms with Crippen molar-refractivity contribution in [3.63, 3.8) is 0 Å². The number of carboxylic acids is 1. The number of aliphatic carboxylic acids is 1. The molecule has 1 aliphatic heterocycles. The zero-order valence-corrected chi connectivity index (χ0v) is 14.9. The summed E-state index contributed by atoms with van der Waals surface area (Å²) in [5.74, 6) is 0.308. The van der Waals surface area contributed by atoms with E-state index in [0.29, 0.717) is 10.8 Å². The smallest absolute Gasteiger partial charge is 0.329 e. The molecule has 8 heteroatoms. The summed E-state index contributed by atoms with van der Waals surface area (Å²) in [6, 6.07) is 5.26. The highest BCUT2D eigenvalue weighted by atomic mass is 32.2. The number of benzene rings is 1. The zero-order valence-electron chi connectivity index (χ0n) is 13.2. The third-order valence-corrected chi connectivity index (χ3v) is 5.71. The van der Waals surface area contributed by atoms with Crippen LogP contribution in [0.15, 0.2) is 35.5 Å². The molecule has 0 aliphatic carbocycles. The maximum Gasteiger partial charge on any atom is 0.329 e. The number of aromatic nitrogens is 1. The molecule has 2 N–H and O–H groups in total. The monoisotopic (exact) mass is 363 g/mol. The number of nitrogens with zero attached hydrogens (tertiary/aromatic N) is 2. The molecule has 0 amide bonds. The molecule has 3 rings (SSSR count). The summed E-state index contributed by atoms with van der Waals surface area (Å²) in [5, 5.41) is 13.6. The molecule has 0 saturated carbocycles. The molecule has 2 atom stereocenters. The first-order valence-electron chi connectivity index (χ1n) is 7.42. The van der Waals surface area contributed by atoms with Gasteiger partial charge in [-0.15, -0.1) is 23.1 Å². The highest BCUT2D eigenvalue weighted by Gasteiger charge is 2.26. The number of likely N-dealkylation sites (N-methyl/N-ethyl adjacent to an activating group) is 1. The minimum absolute atomic E-state index is 0.239. The average molecular weight is 363 g/mol. The van der Waals surface area contributed by atoms with Gasteiger partial charge in [-0.2, -0.15) is 0 Å². The van der Waals surface area contributed by atoms with Gasteiger partial charge in [0, 0.05) is 17.9 Å². The number of fused-ring (bicyclic) bond motifs is 1. The summed E-state index contributed by atoms with van der Waals surface area (Å²) in [4.78, 5) is 19.8. The van der Waals surface area contributed by atoms with Crippen LogP contribution in [0.4, 0.5) is 0 Å². The lowest BCUT2D eigenvalue weighted by Gasteiger charge is -2.03. The first kappa shape index (κ1) is 16.9. The summed E-state index contributed by atoms with van der Waals surface area (Å²) in [5.41, 5.74) is 0.858. The van der Waals surface area contributed by atoms with Gasteiger partial charge >= 0.3 is 5.97 Å². The van der Waals surface area contributed by atoms with Crippen molar-refractivity contribution in [1.82, 2.24) is 10.3 Å². The van der Waals surface area contributed by atoms with Crippen molar-refractivity contribution in [3.8, 4) is 5.75 Å². The summed E-state index contributed by atoms with van der Waals surface area (Å²) in [6.45, 7) is 2.03. The number of aliphatic imine (C=N–C) groups is 1. The maximum absolute atomic E-state index is 11.0. The van der Waals surface area contributed by atoms with Gasteiger partial charge in [0.15, 0.2) is 6.04 Å². The minimum atomic E-state index is -0.892. The molecular weight excluding hydrogens is 346 g/mol. The predicted molar refractivity (Wildman–Crippen MR) is 98.3 cm³/mol. The van der Waals surface area contributed by atoms with Gasteiger partial charge in [-0.3, -0.25) is 4.99 Å². The van der Waals surface area contributed by atoms with Crippen LogP contribution in [-0.2, 0) is 4.79 Å². The number of thiazole rings is 1. The van der Waals surface area contributed by atoms with Gasteiger partial charge < -0.3 is 15.2 Å². The van der Waals surface area contributed by atoms with Gasteiger partial charge in [-0.25, -0.2) is 9.78 Å². The van der Waals surface area contributed by atoms with E-state index in [1.165, 1.54) is 23.1 Å². The molecule has 0 saturated heterocycles. The number of thioether (sulfide) groups is 1. The molecule has 126 valence electrons. The second kappa shape index (κ2) is 7.33. The second-order valence-electron chi connectivity index (χ2n) is 5.27. The van der Waals surface area contributed by atoms with E-state index in [4.69, 9.17) is 9.84 Å². The van der Waals surface area contributed by atoms with Crippen LogP contribution >= 0.6 is 23.1 Å². The highest BCUT2D eigenvalue weighted by molar-refractivity contribution is 8.15. The van der Waals surface area contributed by atoms with Gasteiger partial charge in [-0.05, 0) is 32.2 Å². The second-order valence-corrected chi connectivity index (χ2v) is 7.31. The first-order valence-corrected chi connectivity index (χ1v) is 9.22. The number of hydrogen-bond donors (Lipinski definition) is 2. The predicted octanol–water partition coefficient (Wildman–Crippen LogP) is 2.74. The molecule has 6 nitrogen and oxygen atoms in total. The van der Waals surface area contributed by atoms with Crippen LogP contribution in [0, 0.1) is 0 Å². The molecule has 1 aliphatic rings. The Morgan fingerprint density at radius 2 is 2.38 bits per heavy atom. The van der Waals surface area contributed by atoms with E-state index >= 15 is 0 Å².